The second-order valence-corrected chi connectivity index (χ2v) is 4.94. The highest BCUT2D eigenvalue weighted by Crippen LogP contribution is 2.35. The van der Waals surface area contributed by atoms with E-state index in [1.165, 1.54) is 0 Å². The Hall–Kier alpha value is -1.75. The molecule has 1 aromatic rings. The number of benzene rings is 1. The number of fused-ring (bicyclic) bond motifs is 3. The first kappa shape index (κ1) is 11.3. The molecule has 5 nitrogen and oxygen atoms in total. The zero-order valence-corrected chi connectivity index (χ0v) is 10.4. The minimum absolute atomic E-state index is 0.362. The highest BCUT2D eigenvalue weighted by Gasteiger charge is 2.31. The lowest BCUT2D eigenvalue weighted by molar-refractivity contribution is 0.0697. The molecule has 1 aromatic carbocycles. The lowest BCUT2D eigenvalue weighted by Crippen LogP contribution is -2.58. The SMILES string of the molecule is CN1CC2CNCCN2c2cc(C(=O)O)ccc21. The Balaban J connectivity index is 2.06. The fourth-order valence-corrected chi connectivity index (χ4v) is 2.86. The van der Waals surface area contributed by atoms with Crippen molar-refractivity contribution >= 4 is 17.3 Å². The Morgan fingerprint density at radius 3 is 3.06 bits per heavy atom. The molecule has 0 aromatic heterocycles. The second kappa shape index (κ2) is 4.17. The van der Waals surface area contributed by atoms with E-state index >= 15 is 0 Å². The maximum absolute atomic E-state index is 11.1. The number of nitrogens with zero attached hydrogens (tertiary/aromatic N) is 2. The van der Waals surface area contributed by atoms with Crippen molar-refractivity contribution in [1.82, 2.24) is 5.32 Å². The lowest BCUT2D eigenvalue weighted by Gasteiger charge is -2.46. The first-order valence-corrected chi connectivity index (χ1v) is 6.22. The highest BCUT2D eigenvalue weighted by atomic mass is 16.4. The maximum atomic E-state index is 11.1. The number of carboxylic acids is 1. The summed E-state index contributed by atoms with van der Waals surface area (Å²) in [6.45, 7) is 3.83. The molecule has 2 heterocycles. The molecule has 18 heavy (non-hydrogen) atoms. The van der Waals surface area contributed by atoms with Crippen LogP contribution in [0.1, 0.15) is 10.4 Å². The molecule has 1 saturated heterocycles. The number of aromatic carboxylic acids is 1. The number of carbonyl (C=O) groups is 1. The van der Waals surface area contributed by atoms with Gasteiger partial charge in [0.1, 0.15) is 0 Å². The van der Waals surface area contributed by atoms with Gasteiger partial charge in [0, 0.05) is 33.2 Å². The number of hydrogen-bond donors (Lipinski definition) is 2. The van der Waals surface area contributed by atoms with E-state index in [-0.39, 0.29) is 0 Å². The van der Waals surface area contributed by atoms with Gasteiger partial charge >= 0.3 is 5.97 Å². The van der Waals surface area contributed by atoms with E-state index in [0.717, 1.165) is 37.6 Å². The molecule has 0 aliphatic carbocycles. The van der Waals surface area contributed by atoms with E-state index in [9.17, 15) is 4.79 Å². The third-order valence-corrected chi connectivity index (χ3v) is 3.78. The minimum atomic E-state index is -0.863. The minimum Gasteiger partial charge on any atom is -0.478 e. The molecule has 1 unspecified atom stereocenters. The molecule has 1 atom stereocenters. The van der Waals surface area contributed by atoms with Gasteiger partial charge in [0.2, 0.25) is 0 Å². The molecule has 0 radical (unpaired) electrons. The molecule has 0 spiro atoms. The Bertz CT molecular complexity index is 489. The van der Waals surface area contributed by atoms with Crippen LogP contribution in [0.2, 0.25) is 0 Å². The summed E-state index contributed by atoms with van der Waals surface area (Å²) in [6.07, 6.45) is 0. The number of anilines is 2. The number of rotatable bonds is 1. The van der Waals surface area contributed by atoms with Crippen molar-refractivity contribution in [3.63, 3.8) is 0 Å². The number of carboxylic acid groups (broad SMARTS) is 1. The second-order valence-electron chi connectivity index (χ2n) is 4.94. The zero-order valence-electron chi connectivity index (χ0n) is 10.4. The Labute approximate surface area is 106 Å². The molecule has 96 valence electrons. The van der Waals surface area contributed by atoms with E-state index in [4.69, 9.17) is 5.11 Å². The summed E-state index contributed by atoms with van der Waals surface area (Å²) < 4.78 is 0. The van der Waals surface area contributed by atoms with Crippen LogP contribution in [0.15, 0.2) is 18.2 Å². The lowest BCUT2D eigenvalue weighted by atomic mass is 10.0. The van der Waals surface area contributed by atoms with Crippen molar-refractivity contribution in [2.75, 3.05) is 43.0 Å². The summed E-state index contributed by atoms with van der Waals surface area (Å²) in [6, 6.07) is 5.82. The van der Waals surface area contributed by atoms with Crippen molar-refractivity contribution < 1.29 is 9.90 Å². The highest BCUT2D eigenvalue weighted by molar-refractivity contribution is 5.91. The average Bonchev–Trinajstić information content (AvgIpc) is 2.38. The topological polar surface area (TPSA) is 55.8 Å². The summed E-state index contributed by atoms with van der Waals surface area (Å²) >= 11 is 0. The van der Waals surface area contributed by atoms with Gasteiger partial charge in [-0.15, -0.1) is 0 Å². The van der Waals surface area contributed by atoms with Crippen LogP contribution in [0.4, 0.5) is 11.4 Å². The van der Waals surface area contributed by atoms with Gasteiger partial charge in [-0.25, -0.2) is 4.79 Å². The molecule has 0 saturated carbocycles. The molecule has 0 amide bonds. The maximum Gasteiger partial charge on any atom is 0.335 e. The summed E-state index contributed by atoms with van der Waals surface area (Å²) in [5.41, 5.74) is 2.54. The van der Waals surface area contributed by atoms with Crippen molar-refractivity contribution in [2.45, 2.75) is 6.04 Å². The van der Waals surface area contributed by atoms with Crippen LogP contribution in [0.5, 0.6) is 0 Å². The fourth-order valence-electron chi connectivity index (χ4n) is 2.86. The van der Waals surface area contributed by atoms with Gasteiger partial charge in [0.15, 0.2) is 0 Å². The smallest absolute Gasteiger partial charge is 0.335 e. The predicted octanol–water partition coefficient (Wildman–Crippen LogP) is 0.613. The molecular weight excluding hydrogens is 230 g/mol. The molecule has 3 rings (SSSR count). The van der Waals surface area contributed by atoms with Gasteiger partial charge in [-0.1, -0.05) is 0 Å². The Morgan fingerprint density at radius 2 is 2.28 bits per heavy atom. The molecule has 2 N–H and O–H groups in total. The summed E-state index contributed by atoms with van der Waals surface area (Å²) in [4.78, 5) is 15.6. The van der Waals surface area contributed by atoms with Crippen molar-refractivity contribution in [2.24, 2.45) is 0 Å². The van der Waals surface area contributed by atoms with Gasteiger partial charge in [0.25, 0.3) is 0 Å². The first-order chi connectivity index (χ1) is 8.66. The van der Waals surface area contributed by atoms with E-state index in [1.807, 2.05) is 6.07 Å². The summed E-state index contributed by atoms with van der Waals surface area (Å²) in [5, 5.41) is 12.5. The predicted molar refractivity (Wildman–Crippen MR) is 70.7 cm³/mol. The number of hydrogen-bond acceptors (Lipinski definition) is 4. The molecular formula is C13H17N3O2. The van der Waals surface area contributed by atoms with Crippen LogP contribution in [0, 0.1) is 0 Å². The number of piperazine rings is 1. The Kier molecular flexibility index (Phi) is 2.63. The van der Waals surface area contributed by atoms with Gasteiger partial charge in [-0.05, 0) is 18.2 Å². The van der Waals surface area contributed by atoms with Crippen LogP contribution in [0.3, 0.4) is 0 Å². The van der Waals surface area contributed by atoms with E-state index < -0.39 is 5.97 Å². The third-order valence-electron chi connectivity index (χ3n) is 3.78. The van der Waals surface area contributed by atoms with Crippen LogP contribution in [-0.2, 0) is 0 Å². The molecule has 1 fully saturated rings. The van der Waals surface area contributed by atoms with Crippen LogP contribution in [-0.4, -0.2) is 50.3 Å². The third kappa shape index (κ3) is 1.71. The molecule has 5 heteroatoms. The van der Waals surface area contributed by atoms with Crippen LogP contribution < -0.4 is 15.1 Å². The van der Waals surface area contributed by atoms with E-state index in [1.54, 1.807) is 12.1 Å². The Morgan fingerprint density at radius 1 is 1.44 bits per heavy atom. The molecule has 2 aliphatic rings. The standard InChI is InChI=1S/C13H17N3O2/c1-15-8-10-7-14-4-5-16(10)12-6-9(13(17)18)2-3-11(12)15/h2-3,6,10,14H,4-5,7-8H2,1H3,(H,17,18). The largest absolute Gasteiger partial charge is 0.478 e. The van der Waals surface area contributed by atoms with Crippen LogP contribution in [0.25, 0.3) is 0 Å². The van der Waals surface area contributed by atoms with Gasteiger partial charge in [-0.2, -0.15) is 0 Å². The van der Waals surface area contributed by atoms with E-state index in [0.29, 0.717) is 11.6 Å². The summed E-state index contributed by atoms with van der Waals surface area (Å²) in [7, 11) is 2.06. The molecule has 2 aliphatic heterocycles. The zero-order chi connectivity index (χ0) is 12.7. The summed E-state index contributed by atoms with van der Waals surface area (Å²) in [5.74, 6) is -0.863. The van der Waals surface area contributed by atoms with Gasteiger partial charge < -0.3 is 20.2 Å². The van der Waals surface area contributed by atoms with Crippen molar-refractivity contribution in [1.29, 1.82) is 0 Å². The van der Waals surface area contributed by atoms with Crippen molar-refractivity contribution in [3.8, 4) is 0 Å². The molecule has 0 bridgehead atoms. The monoisotopic (exact) mass is 247 g/mol. The quantitative estimate of drug-likeness (QED) is 0.761. The normalized spacial score (nSPS) is 22.4. The average molecular weight is 247 g/mol. The van der Waals surface area contributed by atoms with Crippen molar-refractivity contribution in [3.05, 3.63) is 23.8 Å². The van der Waals surface area contributed by atoms with Gasteiger partial charge in [0.05, 0.1) is 23.0 Å². The fraction of sp³-hybridized carbons (Fsp3) is 0.462. The van der Waals surface area contributed by atoms with Crippen LogP contribution >= 0.6 is 0 Å². The first-order valence-electron chi connectivity index (χ1n) is 6.22. The number of nitrogens with one attached hydrogen (secondary N) is 1. The van der Waals surface area contributed by atoms with Gasteiger partial charge in [-0.3, -0.25) is 0 Å². The van der Waals surface area contributed by atoms with E-state index in [2.05, 4.69) is 22.2 Å². The number of likely N-dealkylation sites (N-methyl/N-ethyl adjacent to an activating group) is 1.